The van der Waals surface area contributed by atoms with Crippen LogP contribution in [0.4, 0.5) is 13.2 Å². The lowest BCUT2D eigenvalue weighted by atomic mass is 10.2. The molecule has 1 aliphatic heterocycles. The third-order valence-corrected chi connectivity index (χ3v) is 3.79. The van der Waals surface area contributed by atoms with E-state index in [1.807, 2.05) is 13.8 Å². The number of halogens is 3. The van der Waals surface area contributed by atoms with Crippen LogP contribution in [0.2, 0.25) is 0 Å². The number of rotatable bonds is 2. The van der Waals surface area contributed by atoms with Crippen molar-refractivity contribution in [3.8, 4) is 17.2 Å². The maximum atomic E-state index is 13.9. The van der Waals surface area contributed by atoms with Gasteiger partial charge in [-0.05, 0) is 19.9 Å². The van der Waals surface area contributed by atoms with Crippen LogP contribution in [0.15, 0.2) is 16.7 Å². The van der Waals surface area contributed by atoms with E-state index in [-0.39, 0.29) is 17.9 Å². The second-order valence-electron chi connectivity index (χ2n) is 5.89. The quantitative estimate of drug-likeness (QED) is 0.838. The van der Waals surface area contributed by atoms with Crippen LogP contribution in [0.25, 0.3) is 11.5 Å². The van der Waals surface area contributed by atoms with Crippen LogP contribution in [0.1, 0.15) is 24.3 Å². The van der Waals surface area contributed by atoms with Crippen LogP contribution in [-0.4, -0.2) is 46.2 Å². The number of nitrogens with zero attached hydrogens (tertiary/aromatic N) is 2. The van der Waals surface area contributed by atoms with E-state index < -0.39 is 40.6 Å². The maximum absolute atomic E-state index is 13.9. The molecule has 0 aliphatic carbocycles. The highest BCUT2D eigenvalue weighted by Crippen LogP contribution is 2.32. The zero-order chi connectivity index (χ0) is 18.3. The molecule has 1 aromatic carbocycles. The van der Waals surface area contributed by atoms with Crippen LogP contribution >= 0.6 is 0 Å². The topological polar surface area (TPSA) is 75.8 Å². The molecule has 0 unspecified atom stereocenters. The lowest BCUT2D eigenvalue weighted by molar-refractivity contribution is -0.0587. The van der Waals surface area contributed by atoms with Crippen LogP contribution < -0.4 is 0 Å². The molecule has 3 rings (SSSR count). The van der Waals surface area contributed by atoms with Gasteiger partial charge >= 0.3 is 0 Å². The highest BCUT2D eigenvalue weighted by molar-refractivity contribution is 5.92. The van der Waals surface area contributed by atoms with Gasteiger partial charge in [0.2, 0.25) is 11.7 Å². The lowest BCUT2D eigenvalue weighted by Gasteiger charge is -2.34. The molecule has 1 saturated heterocycles. The summed E-state index contributed by atoms with van der Waals surface area (Å²) in [5.41, 5.74) is -0.695. The number of benzene rings is 1. The molecule has 1 amide bonds. The molecule has 0 spiro atoms. The molecular formula is C16H15F3N2O4. The first-order chi connectivity index (χ1) is 11.8. The van der Waals surface area contributed by atoms with E-state index in [1.165, 1.54) is 4.90 Å². The summed E-state index contributed by atoms with van der Waals surface area (Å²) in [6, 6.07) is 0.503. The average molecular weight is 356 g/mol. The smallest absolute Gasteiger partial charge is 0.276 e. The van der Waals surface area contributed by atoms with Gasteiger partial charge in [0.1, 0.15) is 6.26 Å². The van der Waals surface area contributed by atoms with Crippen molar-refractivity contribution in [3.05, 3.63) is 35.5 Å². The van der Waals surface area contributed by atoms with Gasteiger partial charge in [0.25, 0.3) is 5.91 Å². The van der Waals surface area contributed by atoms with Gasteiger partial charge < -0.3 is 19.2 Å². The van der Waals surface area contributed by atoms with Crippen LogP contribution in [-0.2, 0) is 4.74 Å². The molecule has 2 heterocycles. The van der Waals surface area contributed by atoms with Crippen LogP contribution in [0.5, 0.6) is 5.75 Å². The number of carbonyl (C=O) groups excluding carboxylic acids is 1. The fourth-order valence-electron chi connectivity index (χ4n) is 2.75. The highest BCUT2D eigenvalue weighted by Gasteiger charge is 2.29. The zero-order valence-corrected chi connectivity index (χ0v) is 13.4. The number of hydrogen-bond acceptors (Lipinski definition) is 5. The van der Waals surface area contributed by atoms with Crippen LogP contribution in [0.3, 0.4) is 0 Å². The molecule has 0 radical (unpaired) electrons. The third kappa shape index (κ3) is 3.19. The van der Waals surface area contributed by atoms with Crippen molar-refractivity contribution in [2.24, 2.45) is 0 Å². The van der Waals surface area contributed by atoms with E-state index in [4.69, 9.17) is 9.15 Å². The number of aromatic hydroxyl groups is 1. The minimum absolute atomic E-state index is 0.111. The number of oxazole rings is 1. The minimum Gasteiger partial charge on any atom is -0.503 e. The first-order valence-corrected chi connectivity index (χ1v) is 7.55. The molecular weight excluding hydrogens is 341 g/mol. The van der Waals surface area contributed by atoms with E-state index in [1.54, 1.807) is 0 Å². The van der Waals surface area contributed by atoms with Crippen molar-refractivity contribution in [2.45, 2.75) is 26.1 Å². The van der Waals surface area contributed by atoms with Gasteiger partial charge in [0.15, 0.2) is 23.1 Å². The number of aromatic nitrogens is 1. The van der Waals surface area contributed by atoms with Crippen molar-refractivity contribution in [2.75, 3.05) is 13.1 Å². The van der Waals surface area contributed by atoms with Crippen molar-refractivity contribution in [1.29, 1.82) is 0 Å². The number of phenolic OH excluding ortho intramolecular Hbond substituents is 1. The monoisotopic (exact) mass is 356 g/mol. The Hall–Kier alpha value is -2.55. The van der Waals surface area contributed by atoms with Gasteiger partial charge in [0, 0.05) is 13.1 Å². The van der Waals surface area contributed by atoms with Gasteiger partial charge in [-0.3, -0.25) is 4.79 Å². The van der Waals surface area contributed by atoms with Crippen LogP contribution in [0, 0.1) is 17.5 Å². The standard InChI is InChI=1S/C16H15F3N2O4/c1-7-4-21(5-8(2)25-7)16(23)11-6-24-15(20-11)9-3-10(17)13(19)14(22)12(9)18/h3,6-8,22H,4-5H2,1-2H3/t7-,8+. The number of amides is 1. The van der Waals surface area contributed by atoms with E-state index in [0.717, 1.165) is 6.26 Å². The summed E-state index contributed by atoms with van der Waals surface area (Å²) in [4.78, 5) is 17.8. The van der Waals surface area contributed by atoms with Gasteiger partial charge in [-0.2, -0.15) is 4.39 Å². The normalized spacial score (nSPS) is 20.8. The Labute approximate surface area is 140 Å². The summed E-state index contributed by atoms with van der Waals surface area (Å²) < 4.78 is 51.0. The molecule has 1 aliphatic rings. The minimum atomic E-state index is -1.71. The molecule has 2 aromatic rings. The number of carbonyl (C=O) groups is 1. The number of hydrogen-bond donors (Lipinski definition) is 1. The van der Waals surface area contributed by atoms with Gasteiger partial charge in [-0.1, -0.05) is 0 Å². The molecule has 25 heavy (non-hydrogen) atoms. The largest absolute Gasteiger partial charge is 0.503 e. The highest BCUT2D eigenvalue weighted by atomic mass is 19.2. The number of morpholine rings is 1. The third-order valence-electron chi connectivity index (χ3n) is 3.79. The Kier molecular flexibility index (Phi) is 4.42. The first kappa shape index (κ1) is 17.3. The van der Waals surface area contributed by atoms with E-state index in [0.29, 0.717) is 19.2 Å². The summed E-state index contributed by atoms with van der Waals surface area (Å²) in [7, 11) is 0. The van der Waals surface area contributed by atoms with E-state index in [2.05, 4.69) is 4.98 Å². The Morgan fingerprint density at radius 2 is 1.88 bits per heavy atom. The molecule has 2 atom stereocenters. The predicted octanol–water partition coefficient (Wildman–Crippen LogP) is 2.71. The summed E-state index contributed by atoms with van der Waals surface area (Å²) in [5.74, 6) is -6.96. The molecule has 134 valence electrons. The Balaban J connectivity index is 1.89. The van der Waals surface area contributed by atoms with Gasteiger partial charge in [0.05, 0.1) is 17.8 Å². The summed E-state index contributed by atoms with van der Waals surface area (Å²) in [5, 5.41) is 9.26. The fourth-order valence-corrected chi connectivity index (χ4v) is 2.75. The maximum Gasteiger partial charge on any atom is 0.276 e. The molecule has 1 N–H and O–H groups in total. The molecule has 0 saturated carbocycles. The van der Waals surface area contributed by atoms with Gasteiger partial charge in [-0.25, -0.2) is 13.8 Å². The Morgan fingerprint density at radius 1 is 1.24 bits per heavy atom. The van der Waals surface area contributed by atoms with Gasteiger partial charge in [-0.15, -0.1) is 0 Å². The second kappa shape index (κ2) is 6.40. The zero-order valence-electron chi connectivity index (χ0n) is 13.4. The summed E-state index contributed by atoms with van der Waals surface area (Å²) in [6.07, 6.45) is 0.694. The molecule has 1 aromatic heterocycles. The predicted molar refractivity (Wildman–Crippen MR) is 79.4 cm³/mol. The van der Waals surface area contributed by atoms with Crippen molar-refractivity contribution in [1.82, 2.24) is 9.88 Å². The molecule has 0 bridgehead atoms. The molecule has 1 fully saturated rings. The summed E-state index contributed by atoms with van der Waals surface area (Å²) in [6.45, 7) is 4.35. The molecule has 9 heteroatoms. The fraction of sp³-hybridized carbons (Fsp3) is 0.375. The SMILES string of the molecule is C[C@@H]1CN(C(=O)c2coc(-c3cc(F)c(F)c(O)c3F)n2)C[C@H](C)O1. The Morgan fingerprint density at radius 3 is 2.52 bits per heavy atom. The first-order valence-electron chi connectivity index (χ1n) is 7.55. The van der Waals surface area contributed by atoms with E-state index >= 15 is 0 Å². The van der Waals surface area contributed by atoms with Crippen molar-refractivity contribution in [3.63, 3.8) is 0 Å². The second-order valence-corrected chi connectivity index (χ2v) is 5.89. The van der Waals surface area contributed by atoms with Crippen molar-refractivity contribution >= 4 is 5.91 Å². The number of phenols is 1. The number of ether oxygens (including phenoxy) is 1. The Bertz CT molecular complexity index is 814. The summed E-state index contributed by atoms with van der Waals surface area (Å²) >= 11 is 0. The van der Waals surface area contributed by atoms with Crippen molar-refractivity contribution < 1.29 is 32.2 Å². The average Bonchev–Trinajstić information content (AvgIpc) is 3.04. The van der Waals surface area contributed by atoms with E-state index in [9.17, 15) is 23.1 Å². The molecule has 6 nitrogen and oxygen atoms in total. The lowest BCUT2D eigenvalue weighted by Crippen LogP contribution is -2.48.